The maximum absolute atomic E-state index is 3.74. The van der Waals surface area contributed by atoms with Gasteiger partial charge in [0.25, 0.3) is 0 Å². The second kappa shape index (κ2) is 8.80. The largest absolute Gasteiger partial charge is 0.0622 e. The van der Waals surface area contributed by atoms with Crippen molar-refractivity contribution < 1.29 is 0 Å². The van der Waals surface area contributed by atoms with Gasteiger partial charge in [-0.3, -0.25) is 0 Å². The van der Waals surface area contributed by atoms with Crippen molar-refractivity contribution in [2.45, 2.75) is 0 Å². The van der Waals surface area contributed by atoms with Crippen molar-refractivity contribution in [3.63, 3.8) is 0 Å². The highest BCUT2D eigenvalue weighted by molar-refractivity contribution is 9.10. The van der Waals surface area contributed by atoms with Crippen molar-refractivity contribution in [1.82, 2.24) is 0 Å². The zero-order valence-electron chi connectivity index (χ0n) is 21.2. The van der Waals surface area contributed by atoms with Crippen LogP contribution in [0, 0.1) is 0 Å². The summed E-state index contributed by atoms with van der Waals surface area (Å²) >= 11 is 3.74. The molecule has 1 heteroatoms. The lowest BCUT2D eigenvalue weighted by molar-refractivity contribution is 1.58. The Labute approximate surface area is 235 Å². The molecule has 0 unspecified atom stereocenters. The topological polar surface area (TPSA) is 0 Å². The summed E-state index contributed by atoms with van der Waals surface area (Å²) in [5.74, 6) is 0. The normalized spacial score (nSPS) is 11.7. The summed E-state index contributed by atoms with van der Waals surface area (Å²) < 4.78 is 1.08. The van der Waals surface area contributed by atoms with E-state index in [-0.39, 0.29) is 0 Å². The van der Waals surface area contributed by atoms with E-state index in [1.807, 2.05) is 0 Å². The van der Waals surface area contributed by atoms with Crippen LogP contribution in [0.1, 0.15) is 0 Å². The van der Waals surface area contributed by atoms with Gasteiger partial charge in [0.05, 0.1) is 0 Å². The van der Waals surface area contributed by atoms with E-state index in [0.29, 0.717) is 0 Å². The number of rotatable bonds is 3. The molecule has 8 aromatic rings. The summed E-state index contributed by atoms with van der Waals surface area (Å²) in [6.07, 6.45) is 0. The Morgan fingerprint density at radius 2 is 0.923 bits per heavy atom. The first-order chi connectivity index (χ1) is 19.3. The van der Waals surface area contributed by atoms with Gasteiger partial charge >= 0.3 is 0 Å². The molecule has 0 aliphatic rings. The molecule has 0 saturated heterocycles. The zero-order valence-corrected chi connectivity index (χ0v) is 22.7. The Hall–Kier alpha value is -4.46. The van der Waals surface area contributed by atoms with Gasteiger partial charge in [-0.2, -0.15) is 0 Å². The van der Waals surface area contributed by atoms with Crippen LogP contribution in [0.2, 0.25) is 0 Å². The van der Waals surface area contributed by atoms with Crippen molar-refractivity contribution in [2.24, 2.45) is 0 Å². The number of fused-ring (bicyclic) bond motifs is 3. The smallest absolute Gasteiger partial charge is 0.0181 e. The quantitative estimate of drug-likeness (QED) is 0.149. The van der Waals surface area contributed by atoms with Gasteiger partial charge in [-0.25, -0.2) is 0 Å². The van der Waals surface area contributed by atoms with Gasteiger partial charge in [-0.05, 0) is 94.7 Å². The molecular formula is C38H23Br. The van der Waals surface area contributed by atoms with Gasteiger partial charge in [0.1, 0.15) is 0 Å². The summed E-state index contributed by atoms with van der Waals surface area (Å²) in [7, 11) is 0. The third-order valence-electron chi connectivity index (χ3n) is 8.03. The maximum atomic E-state index is 3.74. The molecule has 0 heterocycles. The Morgan fingerprint density at radius 3 is 1.56 bits per heavy atom. The second-order valence-electron chi connectivity index (χ2n) is 10.2. The summed E-state index contributed by atoms with van der Waals surface area (Å²) in [4.78, 5) is 0. The average molecular weight is 560 g/mol. The van der Waals surface area contributed by atoms with Gasteiger partial charge < -0.3 is 0 Å². The number of hydrogen-bond donors (Lipinski definition) is 0. The number of hydrogen-bond acceptors (Lipinski definition) is 0. The molecule has 0 aromatic heterocycles. The molecule has 0 radical (unpaired) electrons. The molecule has 0 bridgehead atoms. The molecule has 0 saturated carbocycles. The highest BCUT2D eigenvalue weighted by Gasteiger charge is 2.22. The zero-order chi connectivity index (χ0) is 25.9. The molecule has 0 N–H and O–H groups in total. The summed E-state index contributed by atoms with van der Waals surface area (Å²) in [5, 5.41) is 10.5. The third-order valence-corrected chi connectivity index (χ3v) is 8.53. The van der Waals surface area contributed by atoms with E-state index >= 15 is 0 Å². The van der Waals surface area contributed by atoms with Crippen LogP contribution in [0.15, 0.2) is 144 Å². The molecule has 39 heavy (non-hydrogen) atoms. The minimum atomic E-state index is 1.08. The maximum Gasteiger partial charge on any atom is 0.0181 e. The van der Waals surface area contributed by atoms with Crippen molar-refractivity contribution in [3.05, 3.63) is 144 Å². The summed E-state index contributed by atoms with van der Waals surface area (Å²) in [5.41, 5.74) is 7.44. The van der Waals surface area contributed by atoms with E-state index in [0.717, 1.165) is 4.47 Å². The molecule has 0 aliphatic carbocycles. The van der Waals surface area contributed by atoms with Crippen molar-refractivity contribution in [1.29, 1.82) is 0 Å². The fourth-order valence-corrected chi connectivity index (χ4v) is 6.84. The third kappa shape index (κ3) is 3.44. The molecule has 8 rings (SSSR count). The van der Waals surface area contributed by atoms with E-state index in [4.69, 9.17) is 0 Å². The van der Waals surface area contributed by atoms with Gasteiger partial charge in [0, 0.05) is 4.47 Å². The first-order valence-electron chi connectivity index (χ1n) is 13.3. The lowest BCUT2D eigenvalue weighted by Gasteiger charge is -2.23. The van der Waals surface area contributed by atoms with Crippen molar-refractivity contribution in [3.8, 4) is 33.4 Å². The highest BCUT2D eigenvalue weighted by Crippen LogP contribution is 2.50. The van der Waals surface area contributed by atoms with Crippen LogP contribution in [-0.4, -0.2) is 0 Å². The highest BCUT2D eigenvalue weighted by atomic mass is 79.9. The van der Waals surface area contributed by atoms with Crippen LogP contribution in [0.4, 0.5) is 0 Å². The van der Waals surface area contributed by atoms with Crippen LogP contribution in [-0.2, 0) is 0 Å². The molecule has 182 valence electrons. The van der Waals surface area contributed by atoms with Crippen LogP contribution in [0.3, 0.4) is 0 Å². The number of halogens is 1. The SMILES string of the molecule is Brc1cccc(-c2cc(-c3ccccc3)c3c4cccc5ccc6cccc(c3c2-c2ccccc2)c6c54)c1. The minimum absolute atomic E-state index is 1.08. The van der Waals surface area contributed by atoms with E-state index in [9.17, 15) is 0 Å². The standard InChI is InChI=1S/C38H23Br/c39-29-17-7-16-28(22-29)33-23-32(24-10-3-1-4-11-24)37-30-18-8-14-26-20-21-27-15-9-19-31(35(27)34(26)30)38(37)36(33)25-12-5-2-6-13-25/h1-23H. The summed E-state index contributed by atoms with van der Waals surface area (Å²) in [6, 6.07) is 51.0. The minimum Gasteiger partial charge on any atom is -0.0622 e. The molecule has 0 fully saturated rings. The first kappa shape index (κ1) is 22.5. The van der Waals surface area contributed by atoms with E-state index < -0.39 is 0 Å². The predicted molar refractivity (Wildman–Crippen MR) is 172 cm³/mol. The van der Waals surface area contributed by atoms with Crippen molar-refractivity contribution in [2.75, 3.05) is 0 Å². The van der Waals surface area contributed by atoms with Gasteiger partial charge in [0.15, 0.2) is 0 Å². The van der Waals surface area contributed by atoms with Crippen LogP contribution >= 0.6 is 15.9 Å². The van der Waals surface area contributed by atoms with E-state index in [1.165, 1.54) is 76.5 Å². The fraction of sp³-hybridized carbons (Fsp3) is 0. The Bertz CT molecular complexity index is 2160. The van der Waals surface area contributed by atoms with Gasteiger partial charge in [-0.15, -0.1) is 0 Å². The molecule has 0 atom stereocenters. The Balaban J connectivity index is 1.72. The lowest BCUT2D eigenvalue weighted by Crippen LogP contribution is -1.95. The molecule has 8 aromatic carbocycles. The molecular weight excluding hydrogens is 536 g/mol. The van der Waals surface area contributed by atoms with Gasteiger partial charge in [-0.1, -0.05) is 137 Å². The van der Waals surface area contributed by atoms with Crippen molar-refractivity contribution >= 4 is 59.0 Å². The Kier molecular flexibility index (Phi) is 5.08. The molecule has 0 amide bonds. The molecule has 0 nitrogen and oxygen atoms in total. The first-order valence-corrected chi connectivity index (χ1v) is 14.1. The molecule has 0 aliphatic heterocycles. The average Bonchev–Trinajstić information content (AvgIpc) is 3.00. The number of benzene rings is 8. The monoisotopic (exact) mass is 558 g/mol. The van der Waals surface area contributed by atoms with E-state index in [1.54, 1.807) is 0 Å². The van der Waals surface area contributed by atoms with Crippen LogP contribution in [0.25, 0.3) is 76.5 Å². The van der Waals surface area contributed by atoms with Crippen LogP contribution < -0.4 is 0 Å². The van der Waals surface area contributed by atoms with E-state index in [2.05, 4.69) is 155 Å². The fourth-order valence-electron chi connectivity index (χ4n) is 6.44. The van der Waals surface area contributed by atoms with Crippen LogP contribution in [0.5, 0.6) is 0 Å². The Morgan fingerprint density at radius 1 is 0.359 bits per heavy atom. The van der Waals surface area contributed by atoms with Gasteiger partial charge in [0.2, 0.25) is 0 Å². The summed E-state index contributed by atoms with van der Waals surface area (Å²) in [6.45, 7) is 0. The predicted octanol–water partition coefficient (Wildman–Crippen LogP) is 11.5. The second-order valence-corrected chi connectivity index (χ2v) is 11.1. The lowest BCUT2D eigenvalue weighted by atomic mass is 9.80. The molecule has 0 spiro atoms.